The lowest BCUT2D eigenvalue weighted by molar-refractivity contribution is -0.390. The molecule has 0 aliphatic carbocycles. The molecule has 41 heavy (non-hydrogen) atoms. The largest absolute Gasteiger partial charge is 0.430 e. The van der Waals surface area contributed by atoms with E-state index in [1.165, 1.54) is 24.4 Å². The minimum Gasteiger partial charge on any atom is -0.352 e. The van der Waals surface area contributed by atoms with Gasteiger partial charge in [0.1, 0.15) is 5.82 Å². The lowest BCUT2D eigenvalue weighted by Crippen LogP contribution is -2.57. The Kier molecular flexibility index (Phi) is 7.62. The maximum absolute atomic E-state index is 14.3. The second-order valence-electron chi connectivity index (χ2n) is 9.51. The highest BCUT2D eigenvalue weighted by Crippen LogP contribution is 2.53. The molecule has 0 spiro atoms. The summed E-state index contributed by atoms with van der Waals surface area (Å²) in [6.07, 6.45) is -7.63. The number of aromatic amines is 1. The van der Waals surface area contributed by atoms with E-state index in [1.807, 2.05) is 0 Å². The number of nitrogens with one attached hydrogen (secondary N) is 4. The van der Waals surface area contributed by atoms with Crippen molar-refractivity contribution in [2.45, 2.75) is 36.8 Å². The second-order valence-corrected chi connectivity index (χ2v) is 9.51. The standard InChI is InChI=1S/C27H24F6N6O2/c28-26(29,30)25(27(31,32)33,41-15-20-6-2-10-34-20)17-4-1-5-18(12-17)38-24(40)21-7-3-11-35-23(21)37-19-9-8-16-14-36-39-22(16)13-19/h1,3-5,7-9,11-14,20,34H,2,6,10,15H2,(H,35,37)(H,36,39)(H,38,40). The fourth-order valence-electron chi connectivity index (χ4n) is 4.71. The van der Waals surface area contributed by atoms with Gasteiger partial charge in [-0.2, -0.15) is 31.4 Å². The summed E-state index contributed by atoms with van der Waals surface area (Å²) in [6, 6.07) is 11.0. The van der Waals surface area contributed by atoms with Crippen LogP contribution in [-0.2, 0) is 10.3 Å². The molecule has 2 aromatic heterocycles. The van der Waals surface area contributed by atoms with Crippen LogP contribution in [0.25, 0.3) is 10.9 Å². The lowest BCUT2D eigenvalue weighted by Gasteiger charge is -2.38. The van der Waals surface area contributed by atoms with Crippen LogP contribution >= 0.6 is 0 Å². The number of benzene rings is 2. The molecule has 1 atom stereocenters. The average molecular weight is 579 g/mol. The Hall–Kier alpha value is -4.17. The zero-order chi connectivity index (χ0) is 29.3. The van der Waals surface area contributed by atoms with Gasteiger partial charge in [-0.3, -0.25) is 9.89 Å². The number of fused-ring (bicyclic) bond motifs is 1. The first-order valence-electron chi connectivity index (χ1n) is 12.6. The summed E-state index contributed by atoms with van der Waals surface area (Å²) < 4.78 is 90.2. The molecule has 1 aliphatic rings. The summed E-state index contributed by atoms with van der Waals surface area (Å²) >= 11 is 0. The van der Waals surface area contributed by atoms with Crippen molar-refractivity contribution >= 4 is 34.0 Å². The van der Waals surface area contributed by atoms with E-state index in [2.05, 4.69) is 31.1 Å². The van der Waals surface area contributed by atoms with E-state index in [0.29, 0.717) is 37.2 Å². The van der Waals surface area contributed by atoms with Crippen LogP contribution in [0, 0.1) is 0 Å². The molecule has 1 saturated heterocycles. The quantitative estimate of drug-likeness (QED) is 0.190. The van der Waals surface area contributed by atoms with Crippen LogP contribution in [-0.4, -0.2) is 52.6 Å². The van der Waals surface area contributed by atoms with Crippen LogP contribution in [0.2, 0.25) is 0 Å². The Bertz CT molecular complexity index is 1520. The number of nitrogens with zero attached hydrogens (tertiary/aromatic N) is 2. The molecular formula is C27H24F6N6O2. The van der Waals surface area contributed by atoms with Crippen molar-refractivity contribution in [3.8, 4) is 0 Å². The monoisotopic (exact) mass is 578 g/mol. The number of carbonyl (C=O) groups excluding carboxylic acids is 1. The van der Waals surface area contributed by atoms with Gasteiger partial charge in [-0.25, -0.2) is 4.98 Å². The van der Waals surface area contributed by atoms with Crippen LogP contribution in [0.4, 0.5) is 43.5 Å². The Morgan fingerprint density at radius 2 is 1.80 bits per heavy atom. The molecule has 2 aromatic carbocycles. The van der Waals surface area contributed by atoms with Gasteiger partial charge in [0.2, 0.25) is 0 Å². The molecule has 4 aromatic rings. The van der Waals surface area contributed by atoms with Gasteiger partial charge in [-0.1, -0.05) is 12.1 Å². The molecule has 3 heterocycles. The van der Waals surface area contributed by atoms with Gasteiger partial charge >= 0.3 is 12.4 Å². The Labute approximate surface area is 229 Å². The van der Waals surface area contributed by atoms with Crippen molar-refractivity contribution in [3.63, 3.8) is 0 Å². The molecule has 216 valence electrons. The molecule has 5 rings (SSSR count). The Balaban J connectivity index is 1.42. The van der Waals surface area contributed by atoms with Gasteiger partial charge in [0.15, 0.2) is 0 Å². The van der Waals surface area contributed by atoms with E-state index in [0.717, 1.165) is 17.0 Å². The average Bonchev–Trinajstić information content (AvgIpc) is 3.60. The molecule has 0 radical (unpaired) electrons. The summed E-state index contributed by atoms with van der Waals surface area (Å²) in [5.74, 6) is -0.687. The minimum absolute atomic E-state index is 0.00377. The number of halogens is 6. The van der Waals surface area contributed by atoms with Crippen LogP contribution in [0.3, 0.4) is 0 Å². The second kappa shape index (κ2) is 11.0. The fraction of sp³-hybridized carbons (Fsp3) is 0.296. The third kappa shape index (κ3) is 5.70. The normalized spacial score (nSPS) is 16.2. The Morgan fingerprint density at radius 1 is 1.00 bits per heavy atom. The smallest absolute Gasteiger partial charge is 0.352 e. The molecule has 14 heteroatoms. The summed E-state index contributed by atoms with van der Waals surface area (Å²) in [5, 5.41) is 15.8. The van der Waals surface area contributed by atoms with Gasteiger partial charge in [0.05, 0.1) is 23.9 Å². The summed E-state index contributed by atoms with van der Waals surface area (Å²) in [4.78, 5) is 17.3. The van der Waals surface area contributed by atoms with Crippen molar-refractivity contribution in [2.24, 2.45) is 0 Å². The molecule has 4 N–H and O–H groups in total. The highest BCUT2D eigenvalue weighted by atomic mass is 19.4. The number of H-pyrrole nitrogens is 1. The van der Waals surface area contributed by atoms with Gasteiger partial charge in [0, 0.05) is 34.6 Å². The van der Waals surface area contributed by atoms with Crippen LogP contribution in [0.5, 0.6) is 0 Å². The number of rotatable bonds is 8. The number of alkyl halides is 6. The number of amides is 1. The van der Waals surface area contributed by atoms with Crippen molar-refractivity contribution in [1.82, 2.24) is 20.5 Å². The highest BCUT2D eigenvalue weighted by molar-refractivity contribution is 6.08. The number of anilines is 3. The number of ether oxygens (including phenoxy) is 1. The summed E-state index contributed by atoms with van der Waals surface area (Å²) in [6.45, 7) is -0.325. The molecule has 1 aliphatic heterocycles. The van der Waals surface area contributed by atoms with Crippen LogP contribution < -0.4 is 16.0 Å². The summed E-state index contributed by atoms with van der Waals surface area (Å²) in [5.41, 5.74) is -4.81. The molecule has 1 amide bonds. The predicted octanol–water partition coefficient (Wildman–Crippen LogP) is 6.04. The van der Waals surface area contributed by atoms with Crippen molar-refractivity contribution in [2.75, 3.05) is 23.8 Å². The van der Waals surface area contributed by atoms with E-state index >= 15 is 0 Å². The number of pyridine rings is 1. The maximum Gasteiger partial charge on any atom is 0.430 e. The van der Waals surface area contributed by atoms with E-state index in [9.17, 15) is 31.1 Å². The Morgan fingerprint density at radius 3 is 2.54 bits per heavy atom. The highest BCUT2D eigenvalue weighted by Gasteiger charge is 2.73. The number of hydrogen-bond donors (Lipinski definition) is 4. The van der Waals surface area contributed by atoms with E-state index < -0.39 is 42.1 Å². The van der Waals surface area contributed by atoms with E-state index in [-0.39, 0.29) is 17.1 Å². The van der Waals surface area contributed by atoms with Crippen molar-refractivity contribution in [3.05, 3.63) is 78.1 Å². The zero-order valence-electron chi connectivity index (χ0n) is 21.2. The predicted molar refractivity (Wildman–Crippen MR) is 139 cm³/mol. The van der Waals surface area contributed by atoms with Crippen LogP contribution in [0.1, 0.15) is 28.8 Å². The van der Waals surface area contributed by atoms with Gasteiger partial charge < -0.3 is 20.7 Å². The first-order chi connectivity index (χ1) is 19.5. The SMILES string of the molecule is O=C(Nc1cccc(C(OCC2CCCN2)(C(F)(F)F)C(F)(F)F)c1)c1cccnc1Nc1ccc2cn[nH]c2c1. The van der Waals surface area contributed by atoms with E-state index in [4.69, 9.17) is 4.74 Å². The fourth-order valence-corrected chi connectivity index (χ4v) is 4.71. The molecule has 1 fully saturated rings. The zero-order valence-corrected chi connectivity index (χ0v) is 21.2. The van der Waals surface area contributed by atoms with Crippen molar-refractivity contribution in [1.29, 1.82) is 0 Å². The van der Waals surface area contributed by atoms with Gasteiger partial charge in [-0.05, 0) is 61.9 Å². The van der Waals surface area contributed by atoms with Gasteiger partial charge in [0.25, 0.3) is 11.5 Å². The van der Waals surface area contributed by atoms with Gasteiger partial charge in [-0.15, -0.1) is 0 Å². The topological polar surface area (TPSA) is 104 Å². The summed E-state index contributed by atoms with van der Waals surface area (Å²) in [7, 11) is 0. The number of hydrogen-bond acceptors (Lipinski definition) is 6. The lowest BCUT2D eigenvalue weighted by atomic mass is 9.91. The molecule has 0 saturated carbocycles. The van der Waals surface area contributed by atoms with E-state index in [1.54, 1.807) is 24.4 Å². The minimum atomic E-state index is -5.84. The first-order valence-corrected chi connectivity index (χ1v) is 12.6. The molecule has 1 unspecified atom stereocenters. The van der Waals surface area contributed by atoms with Crippen LogP contribution in [0.15, 0.2) is 67.0 Å². The molecular weight excluding hydrogens is 554 g/mol. The maximum atomic E-state index is 14.3. The first kappa shape index (κ1) is 28.4. The van der Waals surface area contributed by atoms with Crippen molar-refractivity contribution < 1.29 is 35.9 Å². The third-order valence-corrected chi connectivity index (χ3v) is 6.75. The third-order valence-electron chi connectivity index (χ3n) is 6.75. The molecule has 8 nitrogen and oxygen atoms in total. The number of aromatic nitrogens is 3. The number of carbonyl (C=O) groups is 1. The molecule has 0 bridgehead atoms.